The fourth-order valence-electron chi connectivity index (χ4n) is 1.62. The molecule has 0 saturated heterocycles. The van der Waals surface area contributed by atoms with Crippen LogP contribution in [0.5, 0.6) is 0 Å². The molecule has 0 spiro atoms. The van der Waals surface area contributed by atoms with Gasteiger partial charge in [0.2, 0.25) is 0 Å². The first-order valence-electron chi connectivity index (χ1n) is 6.03. The number of hydrogen-bond donors (Lipinski definition) is 1. The van der Waals surface area contributed by atoms with E-state index in [1.54, 1.807) is 27.0 Å². The third-order valence-electron chi connectivity index (χ3n) is 1.85. The first-order chi connectivity index (χ1) is 7.95. The summed E-state index contributed by atoms with van der Waals surface area (Å²) in [6.45, 7) is 17.6. The Morgan fingerprint density at radius 2 is 1.06 bits per heavy atom. The van der Waals surface area contributed by atoms with Crippen LogP contribution in [-0.4, -0.2) is 46.6 Å². The molecule has 0 fully saturated rings. The minimum absolute atomic E-state index is 0.981. The highest BCUT2D eigenvalue weighted by atomic mass is 28.4. The van der Waals surface area contributed by atoms with E-state index in [9.17, 15) is 0 Å². The van der Waals surface area contributed by atoms with Crippen molar-refractivity contribution in [3.8, 4) is 0 Å². The van der Waals surface area contributed by atoms with Crippen LogP contribution in [0.1, 0.15) is 0 Å². The number of nitrogens with one attached hydrogen (secondary N) is 1. The summed E-state index contributed by atoms with van der Waals surface area (Å²) < 4.78 is 18.6. The highest BCUT2D eigenvalue weighted by Gasteiger charge is 2.33. The molecule has 7 heteroatoms. The van der Waals surface area contributed by atoms with Crippen molar-refractivity contribution in [3.63, 3.8) is 0 Å². The minimum Gasteiger partial charge on any atom is -0.374 e. The van der Waals surface area contributed by atoms with Gasteiger partial charge in [0.25, 0.3) is 0 Å². The lowest BCUT2D eigenvalue weighted by molar-refractivity contribution is 0.138. The Hall–Kier alpha value is 0.231. The predicted molar refractivity (Wildman–Crippen MR) is 86.8 cm³/mol. The second kappa shape index (κ2) is 8.41. The van der Waals surface area contributed by atoms with E-state index in [0.29, 0.717) is 0 Å². The molecule has 0 aliphatic carbocycles. The maximum Gasteiger partial charge on any atom is 0.528 e. The van der Waals surface area contributed by atoms with Crippen LogP contribution in [0.2, 0.25) is 39.3 Å². The lowest BCUT2D eigenvalue weighted by Crippen LogP contribution is -2.55. The summed E-state index contributed by atoms with van der Waals surface area (Å²) in [5, 5.41) is 0. The summed E-state index contributed by atoms with van der Waals surface area (Å²) >= 11 is 0. The molecule has 110 valence electrons. The van der Waals surface area contributed by atoms with Gasteiger partial charge in [0.1, 0.15) is 16.5 Å². The monoisotopic (exact) mass is 309 g/mol. The van der Waals surface area contributed by atoms with E-state index >= 15 is 0 Å². The molecule has 0 saturated carbocycles. The van der Waals surface area contributed by atoms with Crippen molar-refractivity contribution in [3.05, 3.63) is 12.3 Å². The van der Waals surface area contributed by atoms with Crippen LogP contribution >= 0.6 is 0 Å². The Morgan fingerprint density at radius 1 is 0.778 bits per heavy atom. The van der Waals surface area contributed by atoms with Gasteiger partial charge in [-0.25, -0.2) is 0 Å². The molecule has 0 rings (SSSR count). The van der Waals surface area contributed by atoms with Gasteiger partial charge < -0.3 is 17.9 Å². The van der Waals surface area contributed by atoms with Crippen LogP contribution in [0.15, 0.2) is 12.3 Å². The fraction of sp³-hybridized carbons (Fsp3) is 0.818. The molecule has 0 radical (unpaired) electrons. The van der Waals surface area contributed by atoms with Crippen LogP contribution in [0.25, 0.3) is 0 Å². The Labute approximate surface area is 116 Å². The Bertz CT molecular complexity index is 212. The molecular formula is C11H31NO3Si3. The Balaban J connectivity index is 0. The van der Waals surface area contributed by atoms with E-state index < -0.39 is 25.3 Å². The Morgan fingerprint density at radius 3 is 1.06 bits per heavy atom. The van der Waals surface area contributed by atoms with Gasteiger partial charge in [0.05, 0.1) is 0 Å². The molecule has 18 heavy (non-hydrogen) atoms. The van der Waals surface area contributed by atoms with Gasteiger partial charge in [0.15, 0.2) is 0 Å². The first-order valence-corrected chi connectivity index (χ1v) is 14.8. The maximum absolute atomic E-state index is 4.96. The zero-order chi connectivity index (χ0) is 15.0. The molecule has 0 bridgehead atoms. The first kappa shape index (κ1) is 20.5. The van der Waals surface area contributed by atoms with E-state index in [1.807, 2.05) is 0 Å². The number of hydrogen-bond acceptors (Lipinski definition) is 4. The molecule has 0 amide bonds. The van der Waals surface area contributed by atoms with Gasteiger partial charge in [-0.3, -0.25) is 0 Å². The number of rotatable bonds is 6. The third-order valence-corrected chi connectivity index (χ3v) is 10.1. The normalized spacial score (nSPS) is 12.7. The highest BCUT2D eigenvalue weighted by molar-refractivity contribution is 6.90. The van der Waals surface area contributed by atoms with E-state index in [1.165, 1.54) is 0 Å². The summed E-state index contributed by atoms with van der Waals surface area (Å²) in [6, 6.07) is 0. The molecule has 0 aromatic carbocycles. The van der Waals surface area contributed by atoms with Gasteiger partial charge in [-0.15, -0.1) is 0 Å². The third kappa shape index (κ3) is 11.3. The lowest BCUT2D eigenvalue weighted by Gasteiger charge is -2.28. The molecular weight excluding hydrogens is 278 g/mol. The molecule has 0 aliphatic heterocycles. The van der Waals surface area contributed by atoms with E-state index in [-0.39, 0.29) is 0 Å². The van der Waals surface area contributed by atoms with Crippen LogP contribution in [0.3, 0.4) is 0 Å². The molecule has 1 N–H and O–H groups in total. The van der Waals surface area contributed by atoms with Crippen LogP contribution in [-0.2, 0) is 13.3 Å². The molecule has 0 aromatic heterocycles. The van der Waals surface area contributed by atoms with Gasteiger partial charge >= 0.3 is 8.80 Å². The SMILES string of the molecule is C=C[Si](OC)(OC)OC.C[Si](C)(C)N[Si](C)(C)C. The fourth-order valence-corrected chi connectivity index (χ4v) is 11.6. The summed E-state index contributed by atoms with van der Waals surface area (Å²) in [6.07, 6.45) is 0. The average Bonchev–Trinajstić information content (AvgIpc) is 2.17. The van der Waals surface area contributed by atoms with Crippen molar-refractivity contribution in [2.75, 3.05) is 21.3 Å². The molecule has 0 heterocycles. The Kier molecular flexibility index (Phi) is 9.60. The highest BCUT2D eigenvalue weighted by Crippen LogP contribution is 2.05. The summed E-state index contributed by atoms with van der Waals surface area (Å²) in [4.78, 5) is 0. The van der Waals surface area contributed by atoms with Gasteiger partial charge in [-0.05, 0) is 5.70 Å². The smallest absolute Gasteiger partial charge is 0.374 e. The quantitative estimate of drug-likeness (QED) is 0.766. The molecule has 0 aromatic rings. The second-order valence-electron chi connectivity index (χ2n) is 6.05. The minimum atomic E-state index is -2.43. The molecule has 4 nitrogen and oxygen atoms in total. The lowest BCUT2D eigenvalue weighted by atomic mass is 11.3. The van der Waals surface area contributed by atoms with Crippen molar-refractivity contribution in [1.29, 1.82) is 0 Å². The van der Waals surface area contributed by atoms with Crippen molar-refractivity contribution in [2.24, 2.45) is 0 Å². The second-order valence-corrected chi connectivity index (χ2v) is 18.9. The van der Waals surface area contributed by atoms with Crippen LogP contribution < -0.4 is 4.65 Å². The van der Waals surface area contributed by atoms with Gasteiger partial charge in [-0.1, -0.05) is 45.9 Å². The van der Waals surface area contributed by atoms with Crippen molar-refractivity contribution >= 4 is 25.3 Å². The molecule has 0 atom stereocenters. The van der Waals surface area contributed by atoms with Crippen LogP contribution in [0.4, 0.5) is 0 Å². The largest absolute Gasteiger partial charge is 0.528 e. The van der Waals surface area contributed by atoms with Crippen LogP contribution in [0, 0.1) is 0 Å². The average molecular weight is 310 g/mol. The van der Waals surface area contributed by atoms with E-state index in [4.69, 9.17) is 13.3 Å². The topological polar surface area (TPSA) is 39.7 Å². The summed E-state index contributed by atoms with van der Waals surface area (Å²) in [5.74, 6) is 0. The van der Waals surface area contributed by atoms with Gasteiger partial charge in [0, 0.05) is 21.3 Å². The standard InChI is InChI=1S/C6H19NSi2.C5H12O3Si/c1-8(2,3)7-9(4,5)6;1-5-9(6-2,7-3)8-4/h7H,1-6H3;5H,1H2,2-4H3. The summed E-state index contributed by atoms with van der Waals surface area (Å²) in [7, 11) is 0.238. The van der Waals surface area contributed by atoms with Crippen molar-refractivity contribution in [1.82, 2.24) is 4.65 Å². The van der Waals surface area contributed by atoms with E-state index in [2.05, 4.69) is 50.5 Å². The van der Waals surface area contributed by atoms with E-state index in [0.717, 1.165) is 0 Å². The zero-order valence-electron chi connectivity index (χ0n) is 13.5. The predicted octanol–water partition coefficient (Wildman–Crippen LogP) is 2.84. The molecule has 0 aliphatic rings. The zero-order valence-corrected chi connectivity index (χ0v) is 16.5. The van der Waals surface area contributed by atoms with Gasteiger partial charge in [-0.2, -0.15) is 0 Å². The van der Waals surface area contributed by atoms with Crippen molar-refractivity contribution < 1.29 is 13.3 Å². The maximum atomic E-state index is 4.96. The molecule has 0 unspecified atom stereocenters. The summed E-state index contributed by atoms with van der Waals surface area (Å²) in [5.41, 5.74) is 1.58. The van der Waals surface area contributed by atoms with Crippen molar-refractivity contribution in [2.45, 2.75) is 39.3 Å².